The normalized spacial score (nSPS) is 20.5. The van der Waals surface area contributed by atoms with Gasteiger partial charge in [-0.15, -0.1) is 0 Å². The first-order valence-corrected chi connectivity index (χ1v) is 8.81. The monoisotopic (exact) mass is 359 g/mol. The maximum atomic E-state index is 13.2. The number of hydrogen-bond acceptors (Lipinski definition) is 4. The second-order valence-electron chi connectivity index (χ2n) is 6.55. The van der Waals surface area contributed by atoms with Crippen LogP contribution < -0.4 is 14.4 Å². The van der Waals surface area contributed by atoms with E-state index < -0.39 is 5.72 Å². The number of anilines is 1. The van der Waals surface area contributed by atoms with Crippen molar-refractivity contribution in [3.8, 4) is 11.5 Å². The van der Waals surface area contributed by atoms with Gasteiger partial charge in [-0.05, 0) is 18.2 Å². The molecule has 0 radical (unpaired) electrons. The highest BCUT2D eigenvalue weighted by atomic mass is 16.6. The standard InChI is InChI=1S/C22H17NO4/c24-21-17-8-4-5-9-18(17)22(25,15-6-2-1-3-7-15)23(21)16-10-11-19-20(14-16)27-13-12-26-19/h1-11,14,25H,12-13H2/t22-/m0/s1. The van der Waals surface area contributed by atoms with Gasteiger partial charge in [0.25, 0.3) is 5.91 Å². The van der Waals surface area contributed by atoms with Gasteiger partial charge in [0.15, 0.2) is 17.2 Å². The van der Waals surface area contributed by atoms with Gasteiger partial charge in [0, 0.05) is 22.8 Å². The van der Waals surface area contributed by atoms with Crippen LogP contribution in [0.1, 0.15) is 21.5 Å². The van der Waals surface area contributed by atoms with E-state index in [1.165, 1.54) is 4.90 Å². The van der Waals surface area contributed by atoms with E-state index in [9.17, 15) is 9.90 Å². The Morgan fingerprint density at radius 1 is 0.852 bits per heavy atom. The number of carbonyl (C=O) groups excluding carboxylic acids is 1. The van der Waals surface area contributed by atoms with E-state index in [2.05, 4.69) is 0 Å². The van der Waals surface area contributed by atoms with Gasteiger partial charge in [-0.1, -0.05) is 48.5 Å². The van der Waals surface area contributed by atoms with Crippen molar-refractivity contribution in [1.29, 1.82) is 0 Å². The molecule has 0 saturated heterocycles. The molecular formula is C22H17NO4. The molecule has 2 aliphatic heterocycles. The molecule has 5 nitrogen and oxygen atoms in total. The summed E-state index contributed by atoms with van der Waals surface area (Å²) in [6.45, 7) is 0.946. The predicted molar refractivity (Wildman–Crippen MR) is 100 cm³/mol. The summed E-state index contributed by atoms with van der Waals surface area (Å²) in [5.41, 5.74) is 0.624. The topological polar surface area (TPSA) is 59.0 Å². The van der Waals surface area contributed by atoms with Crippen LogP contribution in [-0.2, 0) is 5.72 Å². The van der Waals surface area contributed by atoms with Gasteiger partial charge in [0.05, 0.1) is 5.69 Å². The Labute approximate surface area is 156 Å². The van der Waals surface area contributed by atoms with Gasteiger partial charge in [0.1, 0.15) is 13.2 Å². The minimum atomic E-state index is -1.60. The molecule has 5 rings (SSSR count). The summed E-state index contributed by atoms with van der Waals surface area (Å²) in [5.74, 6) is 0.948. The molecular weight excluding hydrogens is 342 g/mol. The molecule has 3 aromatic rings. The third-order valence-electron chi connectivity index (χ3n) is 5.02. The first-order valence-electron chi connectivity index (χ1n) is 8.81. The lowest BCUT2D eigenvalue weighted by Crippen LogP contribution is -2.45. The summed E-state index contributed by atoms with van der Waals surface area (Å²) >= 11 is 0. The maximum absolute atomic E-state index is 13.2. The van der Waals surface area contributed by atoms with Crippen LogP contribution in [0.4, 0.5) is 5.69 Å². The highest BCUT2D eigenvalue weighted by Gasteiger charge is 2.50. The molecule has 2 aliphatic rings. The molecule has 1 atom stereocenters. The number of amides is 1. The molecule has 0 spiro atoms. The summed E-state index contributed by atoms with van der Waals surface area (Å²) in [7, 11) is 0. The summed E-state index contributed by atoms with van der Waals surface area (Å²) < 4.78 is 11.2. The number of hydrogen-bond donors (Lipinski definition) is 1. The first kappa shape index (κ1) is 15.9. The third-order valence-corrected chi connectivity index (χ3v) is 5.02. The van der Waals surface area contributed by atoms with Crippen LogP contribution in [0.3, 0.4) is 0 Å². The maximum Gasteiger partial charge on any atom is 0.261 e. The van der Waals surface area contributed by atoms with Crippen molar-refractivity contribution in [2.45, 2.75) is 5.72 Å². The number of rotatable bonds is 2. The van der Waals surface area contributed by atoms with Crippen molar-refractivity contribution in [3.63, 3.8) is 0 Å². The molecule has 1 N–H and O–H groups in total. The fraction of sp³-hybridized carbons (Fsp3) is 0.136. The molecule has 0 saturated carbocycles. The molecule has 0 aliphatic carbocycles. The molecule has 0 bridgehead atoms. The van der Waals surface area contributed by atoms with Crippen LogP contribution in [0.2, 0.25) is 0 Å². The first-order chi connectivity index (χ1) is 13.2. The van der Waals surface area contributed by atoms with E-state index in [1.54, 1.807) is 36.4 Å². The van der Waals surface area contributed by atoms with Crippen molar-refractivity contribution in [2.24, 2.45) is 0 Å². The van der Waals surface area contributed by atoms with Gasteiger partial charge in [-0.2, -0.15) is 0 Å². The van der Waals surface area contributed by atoms with Gasteiger partial charge < -0.3 is 14.6 Å². The summed E-state index contributed by atoms with van der Waals surface area (Å²) in [6, 6.07) is 21.7. The average molecular weight is 359 g/mol. The molecule has 1 amide bonds. The number of nitrogens with zero attached hydrogens (tertiary/aromatic N) is 1. The van der Waals surface area contributed by atoms with Crippen molar-refractivity contribution >= 4 is 11.6 Å². The molecule has 0 aromatic heterocycles. The Morgan fingerprint density at radius 3 is 2.37 bits per heavy atom. The van der Waals surface area contributed by atoms with Crippen LogP contribution >= 0.6 is 0 Å². The Kier molecular flexibility index (Phi) is 3.45. The second-order valence-corrected chi connectivity index (χ2v) is 6.55. The van der Waals surface area contributed by atoms with E-state index in [-0.39, 0.29) is 5.91 Å². The van der Waals surface area contributed by atoms with Crippen molar-refractivity contribution in [1.82, 2.24) is 0 Å². The van der Waals surface area contributed by atoms with Gasteiger partial charge in [-0.3, -0.25) is 9.69 Å². The van der Waals surface area contributed by atoms with Crippen LogP contribution in [0.5, 0.6) is 11.5 Å². The van der Waals surface area contributed by atoms with Gasteiger partial charge in [-0.25, -0.2) is 0 Å². The van der Waals surface area contributed by atoms with E-state index in [4.69, 9.17) is 9.47 Å². The minimum absolute atomic E-state index is 0.256. The molecule has 27 heavy (non-hydrogen) atoms. The van der Waals surface area contributed by atoms with Crippen LogP contribution in [0.25, 0.3) is 0 Å². The fourth-order valence-electron chi connectivity index (χ4n) is 3.79. The zero-order valence-electron chi connectivity index (χ0n) is 14.5. The Hall–Kier alpha value is -3.31. The van der Waals surface area contributed by atoms with Gasteiger partial charge in [0.2, 0.25) is 0 Å². The number of benzene rings is 3. The van der Waals surface area contributed by atoms with E-state index in [1.807, 2.05) is 36.4 Å². The van der Waals surface area contributed by atoms with E-state index >= 15 is 0 Å². The zero-order chi connectivity index (χ0) is 18.4. The van der Waals surface area contributed by atoms with Crippen molar-refractivity contribution < 1.29 is 19.4 Å². The molecule has 0 fully saturated rings. The zero-order valence-corrected chi connectivity index (χ0v) is 14.5. The van der Waals surface area contributed by atoms with Gasteiger partial charge >= 0.3 is 0 Å². The molecule has 0 unspecified atom stereocenters. The lowest BCUT2D eigenvalue weighted by molar-refractivity contribution is 0.0702. The number of aliphatic hydroxyl groups is 1. The average Bonchev–Trinajstić information content (AvgIpc) is 2.97. The fourth-order valence-corrected chi connectivity index (χ4v) is 3.79. The van der Waals surface area contributed by atoms with E-state index in [0.29, 0.717) is 47.1 Å². The summed E-state index contributed by atoms with van der Waals surface area (Å²) in [5, 5.41) is 11.8. The second kappa shape index (κ2) is 5.86. The predicted octanol–water partition coefficient (Wildman–Crippen LogP) is 3.31. The number of fused-ring (bicyclic) bond motifs is 2. The largest absolute Gasteiger partial charge is 0.486 e. The lowest BCUT2D eigenvalue weighted by Gasteiger charge is -2.35. The summed E-state index contributed by atoms with van der Waals surface area (Å²) in [6.07, 6.45) is 0. The molecule has 2 heterocycles. The van der Waals surface area contributed by atoms with Crippen LogP contribution in [-0.4, -0.2) is 24.2 Å². The smallest absolute Gasteiger partial charge is 0.261 e. The van der Waals surface area contributed by atoms with E-state index in [0.717, 1.165) is 0 Å². The number of carbonyl (C=O) groups is 1. The SMILES string of the molecule is O=C1c2ccccc2[C@@](O)(c2ccccc2)N1c1ccc2c(c1)OCCO2. The van der Waals surface area contributed by atoms with Crippen molar-refractivity contribution in [3.05, 3.63) is 89.5 Å². The Balaban J connectivity index is 1.72. The quantitative estimate of drug-likeness (QED) is 0.763. The molecule has 134 valence electrons. The highest BCUT2D eigenvalue weighted by molar-refractivity contribution is 6.12. The third kappa shape index (κ3) is 2.25. The number of ether oxygens (including phenoxy) is 2. The molecule has 3 aromatic carbocycles. The Bertz CT molecular complexity index is 1030. The summed E-state index contributed by atoms with van der Waals surface area (Å²) in [4.78, 5) is 14.7. The van der Waals surface area contributed by atoms with Crippen molar-refractivity contribution in [2.75, 3.05) is 18.1 Å². The highest BCUT2D eigenvalue weighted by Crippen LogP contribution is 2.46. The van der Waals surface area contributed by atoms with Crippen LogP contribution in [0.15, 0.2) is 72.8 Å². The minimum Gasteiger partial charge on any atom is -0.486 e. The Morgan fingerprint density at radius 2 is 1.56 bits per heavy atom. The lowest BCUT2D eigenvalue weighted by atomic mass is 9.93. The van der Waals surface area contributed by atoms with Crippen LogP contribution in [0, 0.1) is 0 Å². The molecule has 5 heteroatoms.